The molecule has 2 aromatic heterocycles. The quantitative estimate of drug-likeness (QED) is 0.692. The number of nitrogens with one attached hydrogen (secondary N) is 2. The van der Waals surface area contributed by atoms with E-state index in [0.717, 1.165) is 5.56 Å². The van der Waals surface area contributed by atoms with E-state index in [9.17, 15) is 9.59 Å². The van der Waals surface area contributed by atoms with Crippen LogP contribution in [0.2, 0.25) is 5.02 Å². The molecule has 0 aliphatic carbocycles. The molecule has 3 rings (SSSR count). The lowest BCUT2D eigenvalue weighted by molar-refractivity contribution is 0.0594. The molecule has 0 unspecified atom stereocenters. The zero-order valence-electron chi connectivity index (χ0n) is 12.5. The zero-order valence-corrected chi connectivity index (χ0v) is 14.1. The van der Waals surface area contributed by atoms with E-state index < -0.39 is 5.97 Å². The Morgan fingerprint density at radius 2 is 2.17 bits per heavy atom. The molecule has 8 heteroatoms. The molecule has 6 nitrogen and oxygen atoms in total. The minimum absolute atomic E-state index is 0.289. The Balaban J connectivity index is 1.75. The number of nitrogens with zero attached hydrogens (tertiary/aromatic N) is 1. The fraction of sp³-hybridized carbons (Fsp3) is 0.0625. The Labute approximate surface area is 146 Å². The maximum Gasteiger partial charge on any atom is 0.354 e. The fourth-order valence-corrected chi connectivity index (χ4v) is 2.94. The van der Waals surface area contributed by atoms with Crippen molar-refractivity contribution in [1.29, 1.82) is 0 Å². The molecule has 0 aliphatic heterocycles. The fourth-order valence-electron chi connectivity index (χ4n) is 2.03. The van der Waals surface area contributed by atoms with Gasteiger partial charge in [0.25, 0.3) is 5.91 Å². The Morgan fingerprint density at radius 1 is 1.33 bits per heavy atom. The van der Waals surface area contributed by atoms with Crippen LogP contribution in [0, 0.1) is 0 Å². The van der Waals surface area contributed by atoms with Crippen molar-refractivity contribution in [3.8, 4) is 11.3 Å². The van der Waals surface area contributed by atoms with Crippen LogP contribution in [0.5, 0.6) is 0 Å². The molecule has 24 heavy (non-hydrogen) atoms. The normalized spacial score (nSPS) is 10.4. The summed E-state index contributed by atoms with van der Waals surface area (Å²) in [5.41, 5.74) is 2.17. The van der Waals surface area contributed by atoms with E-state index in [1.165, 1.54) is 18.4 Å². The minimum Gasteiger partial charge on any atom is -0.464 e. The third kappa shape index (κ3) is 3.47. The molecule has 122 valence electrons. The molecule has 3 aromatic rings. The number of ether oxygens (including phenoxy) is 1. The van der Waals surface area contributed by atoms with Gasteiger partial charge in [-0.3, -0.25) is 10.1 Å². The number of aromatic amines is 1. The van der Waals surface area contributed by atoms with E-state index in [-0.39, 0.29) is 5.91 Å². The van der Waals surface area contributed by atoms with Gasteiger partial charge in [0.05, 0.1) is 12.8 Å². The molecule has 0 radical (unpaired) electrons. The highest BCUT2D eigenvalue weighted by Gasteiger charge is 2.13. The first kappa shape index (κ1) is 16.2. The first-order valence-electron chi connectivity index (χ1n) is 6.86. The van der Waals surface area contributed by atoms with Crippen LogP contribution in [0.1, 0.15) is 20.8 Å². The molecular formula is C16H12ClN3O3S. The van der Waals surface area contributed by atoms with Gasteiger partial charge in [-0.25, -0.2) is 9.78 Å². The SMILES string of the molecule is COC(=O)c1cc(-c2csc(NC(=O)c3cccc(Cl)c3)n2)c[nH]1. The molecule has 1 amide bonds. The summed E-state index contributed by atoms with van der Waals surface area (Å²) < 4.78 is 4.65. The molecule has 0 atom stereocenters. The summed E-state index contributed by atoms with van der Waals surface area (Å²) in [5.74, 6) is -0.742. The highest BCUT2D eigenvalue weighted by molar-refractivity contribution is 7.14. The highest BCUT2D eigenvalue weighted by atomic mass is 35.5. The maximum atomic E-state index is 12.2. The van der Waals surface area contributed by atoms with Gasteiger partial charge in [-0.2, -0.15) is 0 Å². The monoisotopic (exact) mass is 361 g/mol. The number of amides is 1. The second kappa shape index (κ2) is 6.86. The third-order valence-corrected chi connectivity index (χ3v) is 4.19. The smallest absolute Gasteiger partial charge is 0.354 e. The van der Waals surface area contributed by atoms with Gasteiger partial charge in [0.15, 0.2) is 5.13 Å². The number of hydrogen-bond donors (Lipinski definition) is 2. The summed E-state index contributed by atoms with van der Waals surface area (Å²) in [6.07, 6.45) is 1.66. The molecule has 2 N–H and O–H groups in total. The molecule has 1 aromatic carbocycles. The van der Waals surface area contributed by atoms with Crippen molar-refractivity contribution in [3.05, 3.63) is 58.2 Å². The van der Waals surface area contributed by atoms with Crippen molar-refractivity contribution < 1.29 is 14.3 Å². The minimum atomic E-state index is -0.453. The molecule has 0 spiro atoms. The van der Waals surface area contributed by atoms with Gasteiger partial charge in [0.2, 0.25) is 0 Å². The van der Waals surface area contributed by atoms with Crippen LogP contribution in [-0.2, 0) is 4.74 Å². The lowest BCUT2D eigenvalue weighted by Crippen LogP contribution is -2.11. The van der Waals surface area contributed by atoms with Crippen molar-refractivity contribution in [3.63, 3.8) is 0 Å². The van der Waals surface area contributed by atoms with Gasteiger partial charge in [-0.15, -0.1) is 11.3 Å². The van der Waals surface area contributed by atoms with Crippen LogP contribution in [0.25, 0.3) is 11.3 Å². The van der Waals surface area contributed by atoms with Crippen molar-refractivity contribution in [2.45, 2.75) is 0 Å². The topological polar surface area (TPSA) is 84.1 Å². The largest absolute Gasteiger partial charge is 0.464 e. The third-order valence-electron chi connectivity index (χ3n) is 3.20. The highest BCUT2D eigenvalue weighted by Crippen LogP contribution is 2.26. The van der Waals surface area contributed by atoms with Crippen molar-refractivity contribution >= 4 is 39.9 Å². The van der Waals surface area contributed by atoms with Crippen LogP contribution in [0.15, 0.2) is 41.9 Å². The van der Waals surface area contributed by atoms with Crippen LogP contribution in [0.4, 0.5) is 5.13 Å². The predicted octanol–water partition coefficient (Wildman–Crippen LogP) is 3.83. The van der Waals surface area contributed by atoms with Crippen LogP contribution in [-0.4, -0.2) is 29.0 Å². The molecule has 0 fully saturated rings. The van der Waals surface area contributed by atoms with Crippen molar-refractivity contribution in [2.24, 2.45) is 0 Å². The van der Waals surface area contributed by atoms with Gasteiger partial charge in [-0.05, 0) is 24.3 Å². The average molecular weight is 362 g/mol. The molecule has 0 saturated heterocycles. The molecule has 0 aliphatic rings. The van der Waals surface area contributed by atoms with Crippen molar-refractivity contribution in [2.75, 3.05) is 12.4 Å². The van der Waals surface area contributed by atoms with Crippen LogP contribution < -0.4 is 5.32 Å². The Morgan fingerprint density at radius 3 is 2.92 bits per heavy atom. The molecule has 2 heterocycles. The second-order valence-corrected chi connectivity index (χ2v) is 6.09. The van der Waals surface area contributed by atoms with Gasteiger partial charge in [0, 0.05) is 27.7 Å². The Hall–Kier alpha value is -2.64. The van der Waals surface area contributed by atoms with Crippen LogP contribution in [0.3, 0.4) is 0 Å². The number of carbonyl (C=O) groups is 2. The molecule has 0 saturated carbocycles. The number of halogens is 1. The van der Waals surface area contributed by atoms with Crippen LogP contribution >= 0.6 is 22.9 Å². The van der Waals surface area contributed by atoms with E-state index in [2.05, 4.69) is 20.0 Å². The van der Waals surface area contributed by atoms with Gasteiger partial charge < -0.3 is 9.72 Å². The Bertz CT molecular complexity index is 903. The van der Waals surface area contributed by atoms with E-state index >= 15 is 0 Å². The van der Waals surface area contributed by atoms with E-state index in [4.69, 9.17) is 11.6 Å². The first-order chi connectivity index (χ1) is 11.6. The lowest BCUT2D eigenvalue weighted by Gasteiger charge is -2.01. The number of H-pyrrole nitrogens is 1. The molecular weight excluding hydrogens is 350 g/mol. The van der Waals surface area contributed by atoms with Gasteiger partial charge in [-0.1, -0.05) is 17.7 Å². The standard InChI is InChI=1S/C16H12ClN3O3S/c1-23-15(22)12-6-10(7-18-12)13-8-24-16(19-13)20-14(21)9-3-2-4-11(17)5-9/h2-8,18H,1H3,(H,19,20,21). The summed E-state index contributed by atoms with van der Waals surface area (Å²) in [6, 6.07) is 8.30. The Kier molecular flexibility index (Phi) is 4.64. The number of carbonyl (C=O) groups excluding carboxylic acids is 2. The predicted molar refractivity (Wildman–Crippen MR) is 92.6 cm³/mol. The molecule has 0 bridgehead atoms. The summed E-state index contributed by atoms with van der Waals surface area (Å²) in [7, 11) is 1.31. The summed E-state index contributed by atoms with van der Waals surface area (Å²) in [4.78, 5) is 30.8. The first-order valence-corrected chi connectivity index (χ1v) is 8.12. The lowest BCUT2D eigenvalue weighted by atomic mass is 10.2. The maximum absolute atomic E-state index is 12.2. The number of thiazole rings is 1. The summed E-state index contributed by atoms with van der Waals surface area (Å²) in [5, 5.41) is 5.46. The number of rotatable bonds is 4. The second-order valence-electron chi connectivity index (χ2n) is 4.80. The summed E-state index contributed by atoms with van der Waals surface area (Å²) >= 11 is 7.17. The van der Waals surface area contributed by atoms with Gasteiger partial charge >= 0.3 is 5.97 Å². The van der Waals surface area contributed by atoms with E-state index in [1.807, 2.05) is 0 Å². The number of anilines is 1. The van der Waals surface area contributed by atoms with E-state index in [0.29, 0.717) is 27.1 Å². The number of benzene rings is 1. The number of methoxy groups -OCH3 is 1. The average Bonchev–Trinajstić information content (AvgIpc) is 3.23. The number of aromatic nitrogens is 2. The van der Waals surface area contributed by atoms with Crippen molar-refractivity contribution in [1.82, 2.24) is 9.97 Å². The van der Waals surface area contributed by atoms with E-state index in [1.54, 1.807) is 41.9 Å². The number of hydrogen-bond acceptors (Lipinski definition) is 5. The zero-order chi connectivity index (χ0) is 17.1. The summed E-state index contributed by atoms with van der Waals surface area (Å²) in [6.45, 7) is 0. The number of esters is 1. The van der Waals surface area contributed by atoms with Gasteiger partial charge in [0.1, 0.15) is 5.69 Å².